The van der Waals surface area contributed by atoms with Gasteiger partial charge in [-0.15, -0.1) is 0 Å². The zero-order valence-corrected chi connectivity index (χ0v) is 14.2. The fourth-order valence-electron chi connectivity index (χ4n) is 1.55. The van der Waals surface area contributed by atoms with Crippen molar-refractivity contribution in [2.45, 2.75) is 26.4 Å². The normalized spacial score (nSPS) is 10.3. The lowest BCUT2D eigenvalue weighted by Crippen LogP contribution is -2.37. The van der Waals surface area contributed by atoms with E-state index in [1.165, 1.54) is 20.0 Å². The van der Waals surface area contributed by atoms with Crippen LogP contribution in [-0.2, 0) is 4.79 Å². The molecular weight excluding hydrogens is 334 g/mol. The molecule has 0 aliphatic carbocycles. The third-order valence-corrected chi connectivity index (χ3v) is 3.17. The van der Waals surface area contributed by atoms with E-state index in [9.17, 15) is 9.59 Å². The Labute approximate surface area is 144 Å². The molecule has 0 spiro atoms. The predicted molar refractivity (Wildman–Crippen MR) is 89.7 cm³/mol. The molecule has 0 amide bonds. The van der Waals surface area contributed by atoms with E-state index in [0.717, 1.165) is 0 Å². The standard InChI is InChI=1S/C10H11ClO3.C7H7NO2/c1-10(2,9(12)13)14-8-5-3-7(11)4-6-8;1-5-3-2-4-8-6(5)7(9)10/h3-6H,1-2H3,(H,12,13);2-4H,1H3,(H,9,10). The van der Waals surface area contributed by atoms with Crippen molar-refractivity contribution in [1.82, 2.24) is 4.98 Å². The minimum absolute atomic E-state index is 0.127. The first-order chi connectivity index (χ1) is 11.1. The quantitative estimate of drug-likeness (QED) is 0.872. The summed E-state index contributed by atoms with van der Waals surface area (Å²) in [6.45, 7) is 4.70. The number of rotatable bonds is 4. The van der Waals surface area contributed by atoms with Gasteiger partial charge in [0.1, 0.15) is 5.75 Å². The Morgan fingerprint density at radius 1 is 1.12 bits per heavy atom. The Balaban J connectivity index is 0.000000254. The van der Waals surface area contributed by atoms with Crippen LogP contribution in [-0.4, -0.2) is 32.7 Å². The average Bonchev–Trinajstić information content (AvgIpc) is 2.50. The van der Waals surface area contributed by atoms with Crippen molar-refractivity contribution in [3.8, 4) is 5.75 Å². The van der Waals surface area contributed by atoms with E-state index in [1.54, 1.807) is 43.3 Å². The van der Waals surface area contributed by atoms with Gasteiger partial charge < -0.3 is 14.9 Å². The second kappa shape index (κ2) is 8.31. The highest BCUT2D eigenvalue weighted by molar-refractivity contribution is 6.30. The lowest BCUT2D eigenvalue weighted by Gasteiger charge is -2.21. The lowest BCUT2D eigenvalue weighted by atomic mass is 10.1. The number of carboxylic acids is 2. The first kappa shape index (κ1) is 19.4. The highest BCUT2D eigenvalue weighted by Crippen LogP contribution is 2.20. The van der Waals surface area contributed by atoms with Gasteiger partial charge in [0.2, 0.25) is 0 Å². The van der Waals surface area contributed by atoms with E-state index >= 15 is 0 Å². The number of nitrogens with zero attached hydrogens (tertiary/aromatic N) is 1. The van der Waals surface area contributed by atoms with E-state index in [2.05, 4.69) is 4.98 Å². The molecule has 0 unspecified atom stereocenters. The summed E-state index contributed by atoms with van der Waals surface area (Å²) in [5, 5.41) is 17.9. The van der Waals surface area contributed by atoms with Crippen LogP contribution in [0.4, 0.5) is 0 Å². The number of pyridine rings is 1. The van der Waals surface area contributed by atoms with Crippen LogP contribution in [0.5, 0.6) is 5.75 Å². The van der Waals surface area contributed by atoms with Crippen molar-refractivity contribution in [3.05, 3.63) is 58.9 Å². The summed E-state index contributed by atoms with van der Waals surface area (Å²) >= 11 is 5.67. The van der Waals surface area contributed by atoms with Crippen LogP contribution in [0.3, 0.4) is 0 Å². The summed E-state index contributed by atoms with van der Waals surface area (Å²) in [7, 11) is 0. The summed E-state index contributed by atoms with van der Waals surface area (Å²) in [4.78, 5) is 24.8. The SMILES string of the molecule is CC(C)(Oc1ccc(Cl)cc1)C(=O)O.Cc1cccnc1C(=O)O. The number of aromatic carboxylic acids is 1. The monoisotopic (exact) mass is 351 g/mol. The van der Waals surface area contributed by atoms with Crippen LogP contribution in [0, 0.1) is 6.92 Å². The first-order valence-electron chi connectivity index (χ1n) is 6.96. The molecule has 7 heteroatoms. The number of hydrogen-bond acceptors (Lipinski definition) is 4. The highest BCUT2D eigenvalue weighted by Gasteiger charge is 2.29. The van der Waals surface area contributed by atoms with Crippen molar-refractivity contribution in [1.29, 1.82) is 0 Å². The maximum Gasteiger partial charge on any atom is 0.354 e. The van der Waals surface area contributed by atoms with Gasteiger partial charge >= 0.3 is 11.9 Å². The Morgan fingerprint density at radius 2 is 1.71 bits per heavy atom. The number of halogens is 1. The number of benzene rings is 1. The molecule has 0 radical (unpaired) electrons. The molecule has 1 heterocycles. The summed E-state index contributed by atoms with van der Waals surface area (Å²) < 4.78 is 5.26. The first-order valence-corrected chi connectivity index (χ1v) is 7.34. The number of aromatic nitrogens is 1. The lowest BCUT2D eigenvalue weighted by molar-refractivity contribution is -0.152. The van der Waals surface area contributed by atoms with Crippen molar-refractivity contribution >= 4 is 23.5 Å². The third-order valence-electron chi connectivity index (χ3n) is 2.91. The third kappa shape index (κ3) is 5.89. The summed E-state index contributed by atoms with van der Waals surface area (Å²) in [5.74, 6) is -1.49. The van der Waals surface area contributed by atoms with Crippen LogP contribution in [0.25, 0.3) is 0 Å². The number of aliphatic carboxylic acids is 1. The summed E-state index contributed by atoms with van der Waals surface area (Å²) in [6, 6.07) is 9.99. The molecular formula is C17H18ClNO5. The molecule has 1 aromatic carbocycles. The Bertz CT molecular complexity index is 713. The zero-order valence-electron chi connectivity index (χ0n) is 13.5. The molecule has 0 aliphatic heterocycles. The molecule has 2 aromatic rings. The van der Waals surface area contributed by atoms with Crippen LogP contribution in [0.1, 0.15) is 29.9 Å². The number of aryl methyl sites for hydroxylation is 1. The fourth-order valence-corrected chi connectivity index (χ4v) is 1.68. The number of ether oxygens (including phenoxy) is 1. The molecule has 0 bridgehead atoms. The largest absolute Gasteiger partial charge is 0.478 e. The maximum absolute atomic E-state index is 10.7. The van der Waals surface area contributed by atoms with Gasteiger partial charge in [0.15, 0.2) is 11.3 Å². The number of carboxylic acid groups (broad SMARTS) is 2. The smallest absolute Gasteiger partial charge is 0.354 e. The maximum atomic E-state index is 10.7. The predicted octanol–water partition coefficient (Wildman–Crippen LogP) is 3.67. The molecule has 1 aromatic heterocycles. The molecule has 0 aliphatic rings. The van der Waals surface area contributed by atoms with Gasteiger partial charge in [0, 0.05) is 11.2 Å². The molecule has 2 rings (SSSR count). The van der Waals surface area contributed by atoms with Crippen molar-refractivity contribution in [2.24, 2.45) is 0 Å². The summed E-state index contributed by atoms with van der Waals surface area (Å²) in [6.07, 6.45) is 1.47. The van der Waals surface area contributed by atoms with Crippen molar-refractivity contribution in [3.63, 3.8) is 0 Å². The van der Waals surface area contributed by atoms with E-state index in [0.29, 0.717) is 16.3 Å². The molecule has 128 valence electrons. The fraction of sp³-hybridized carbons (Fsp3) is 0.235. The second-order valence-electron chi connectivity index (χ2n) is 5.35. The van der Waals surface area contributed by atoms with Gasteiger partial charge in [-0.1, -0.05) is 17.7 Å². The second-order valence-corrected chi connectivity index (χ2v) is 5.78. The molecule has 24 heavy (non-hydrogen) atoms. The van der Waals surface area contributed by atoms with Crippen LogP contribution < -0.4 is 4.74 Å². The van der Waals surface area contributed by atoms with Crippen LogP contribution in [0.2, 0.25) is 5.02 Å². The Morgan fingerprint density at radius 3 is 2.12 bits per heavy atom. The van der Waals surface area contributed by atoms with E-state index in [-0.39, 0.29) is 5.69 Å². The highest BCUT2D eigenvalue weighted by atomic mass is 35.5. The van der Waals surface area contributed by atoms with Gasteiger partial charge in [0.25, 0.3) is 0 Å². The van der Waals surface area contributed by atoms with Gasteiger partial charge in [-0.25, -0.2) is 14.6 Å². The minimum Gasteiger partial charge on any atom is -0.478 e. The van der Waals surface area contributed by atoms with Gasteiger partial charge in [-0.3, -0.25) is 0 Å². The molecule has 0 saturated heterocycles. The molecule has 2 N–H and O–H groups in total. The van der Waals surface area contributed by atoms with Gasteiger partial charge in [-0.05, 0) is 56.7 Å². The van der Waals surface area contributed by atoms with Crippen molar-refractivity contribution in [2.75, 3.05) is 0 Å². The van der Waals surface area contributed by atoms with Crippen LogP contribution >= 0.6 is 11.6 Å². The van der Waals surface area contributed by atoms with Crippen LogP contribution in [0.15, 0.2) is 42.6 Å². The molecule has 0 fully saturated rings. The molecule has 6 nitrogen and oxygen atoms in total. The summed E-state index contributed by atoms with van der Waals surface area (Å²) in [5.41, 5.74) is -0.411. The van der Waals surface area contributed by atoms with Gasteiger partial charge in [0.05, 0.1) is 0 Å². The van der Waals surface area contributed by atoms with Gasteiger partial charge in [-0.2, -0.15) is 0 Å². The zero-order chi connectivity index (χ0) is 18.3. The number of hydrogen-bond donors (Lipinski definition) is 2. The molecule has 0 atom stereocenters. The van der Waals surface area contributed by atoms with E-state index in [4.69, 9.17) is 26.6 Å². The Kier molecular flexibility index (Phi) is 6.73. The van der Waals surface area contributed by atoms with Crippen molar-refractivity contribution < 1.29 is 24.5 Å². The van der Waals surface area contributed by atoms with E-state index in [1.807, 2.05) is 0 Å². The topological polar surface area (TPSA) is 96.7 Å². The number of carbonyl (C=O) groups is 2. The Hall–Kier alpha value is -2.60. The van der Waals surface area contributed by atoms with E-state index < -0.39 is 17.5 Å². The average molecular weight is 352 g/mol. The minimum atomic E-state index is -1.23. The molecule has 0 saturated carbocycles.